The maximum Gasteiger partial charge on any atom is 0.151 e. The Kier molecular flexibility index (Phi) is 3.97. The Labute approximate surface area is 73.6 Å². The summed E-state index contributed by atoms with van der Waals surface area (Å²) in [7, 11) is -2.78. The first-order valence-electron chi connectivity index (χ1n) is 4.32. The molecule has 0 bridgehead atoms. The van der Waals surface area contributed by atoms with Crippen molar-refractivity contribution in [2.75, 3.05) is 37.7 Å². The third-order valence-electron chi connectivity index (χ3n) is 1.88. The Bertz CT molecular complexity index is 197. The lowest BCUT2D eigenvalue weighted by Gasteiger charge is -2.10. The average Bonchev–Trinajstić information content (AvgIpc) is 2.02. The molecule has 0 radical (unpaired) electrons. The van der Waals surface area contributed by atoms with Gasteiger partial charge in [0.1, 0.15) is 0 Å². The SMILES string of the molecule is O=S1(=O)CCCNCCNCC1. The smallest absolute Gasteiger partial charge is 0.151 e. The van der Waals surface area contributed by atoms with Crippen LogP contribution < -0.4 is 10.6 Å². The van der Waals surface area contributed by atoms with Crippen molar-refractivity contribution in [2.24, 2.45) is 0 Å². The van der Waals surface area contributed by atoms with Gasteiger partial charge in [-0.05, 0) is 13.0 Å². The van der Waals surface area contributed by atoms with Gasteiger partial charge in [0, 0.05) is 19.6 Å². The number of sulfone groups is 1. The summed E-state index contributed by atoms with van der Waals surface area (Å²) in [6, 6.07) is 0. The van der Waals surface area contributed by atoms with Gasteiger partial charge in [0.25, 0.3) is 0 Å². The van der Waals surface area contributed by atoms with E-state index in [0.29, 0.717) is 12.3 Å². The van der Waals surface area contributed by atoms with Crippen molar-refractivity contribution in [3.8, 4) is 0 Å². The molecule has 1 aliphatic rings. The Morgan fingerprint density at radius 2 is 1.50 bits per heavy atom. The molecule has 0 spiro atoms. The summed E-state index contributed by atoms with van der Waals surface area (Å²) in [6.45, 7) is 3.18. The van der Waals surface area contributed by atoms with Gasteiger partial charge in [-0.1, -0.05) is 0 Å². The third-order valence-corrected chi connectivity index (χ3v) is 3.61. The molecule has 4 nitrogen and oxygen atoms in total. The molecule has 0 aromatic rings. The van der Waals surface area contributed by atoms with Crippen molar-refractivity contribution in [3.05, 3.63) is 0 Å². The molecule has 1 rings (SSSR count). The van der Waals surface area contributed by atoms with Gasteiger partial charge in [0.05, 0.1) is 11.5 Å². The largest absolute Gasteiger partial charge is 0.315 e. The van der Waals surface area contributed by atoms with Crippen LogP contribution in [0.4, 0.5) is 0 Å². The molecule has 0 aliphatic carbocycles. The Morgan fingerprint density at radius 1 is 0.833 bits per heavy atom. The maximum atomic E-state index is 11.2. The highest BCUT2D eigenvalue weighted by molar-refractivity contribution is 7.91. The first kappa shape index (κ1) is 9.95. The summed E-state index contributed by atoms with van der Waals surface area (Å²) in [5.74, 6) is 0.606. The van der Waals surface area contributed by atoms with Crippen LogP contribution in [0, 0.1) is 0 Å². The molecule has 1 aliphatic heterocycles. The quantitative estimate of drug-likeness (QED) is 0.516. The molecule has 12 heavy (non-hydrogen) atoms. The molecule has 0 unspecified atom stereocenters. The van der Waals surface area contributed by atoms with E-state index in [2.05, 4.69) is 10.6 Å². The second-order valence-electron chi connectivity index (χ2n) is 3.01. The van der Waals surface area contributed by atoms with Crippen LogP contribution in [-0.4, -0.2) is 46.1 Å². The van der Waals surface area contributed by atoms with Crippen LogP contribution >= 0.6 is 0 Å². The number of hydrogen-bond acceptors (Lipinski definition) is 4. The lowest BCUT2D eigenvalue weighted by atomic mass is 10.4. The minimum absolute atomic E-state index is 0.285. The van der Waals surface area contributed by atoms with Gasteiger partial charge in [0.15, 0.2) is 9.84 Å². The molecular weight excluding hydrogens is 176 g/mol. The van der Waals surface area contributed by atoms with E-state index in [0.717, 1.165) is 26.1 Å². The predicted octanol–water partition coefficient (Wildman–Crippen LogP) is -1.02. The van der Waals surface area contributed by atoms with Crippen molar-refractivity contribution in [1.29, 1.82) is 0 Å². The number of nitrogens with one attached hydrogen (secondary N) is 2. The summed E-state index contributed by atoms with van der Waals surface area (Å²) in [4.78, 5) is 0. The van der Waals surface area contributed by atoms with E-state index >= 15 is 0 Å². The second kappa shape index (κ2) is 4.79. The van der Waals surface area contributed by atoms with E-state index in [9.17, 15) is 8.42 Å². The van der Waals surface area contributed by atoms with Crippen LogP contribution in [0.5, 0.6) is 0 Å². The number of hydrogen-bond donors (Lipinski definition) is 2. The Morgan fingerprint density at radius 3 is 2.25 bits per heavy atom. The van der Waals surface area contributed by atoms with Crippen LogP contribution in [0.15, 0.2) is 0 Å². The topological polar surface area (TPSA) is 58.2 Å². The molecule has 0 amide bonds. The molecule has 1 saturated heterocycles. The summed E-state index contributed by atoms with van der Waals surface area (Å²) in [5.41, 5.74) is 0. The molecule has 0 aromatic carbocycles. The molecule has 1 heterocycles. The van der Waals surface area contributed by atoms with Crippen molar-refractivity contribution in [1.82, 2.24) is 10.6 Å². The highest BCUT2D eigenvalue weighted by Crippen LogP contribution is 1.93. The zero-order valence-electron chi connectivity index (χ0n) is 7.17. The van der Waals surface area contributed by atoms with E-state index in [1.165, 1.54) is 0 Å². The summed E-state index contributed by atoms with van der Waals surface area (Å²) < 4.78 is 22.4. The molecule has 72 valence electrons. The van der Waals surface area contributed by atoms with E-state index in [4.69, 9.17) is 0 Å². The molecule has 0 aromatic heterocycles. The van der Waals surface area contributed by atoms with Crippen molar-refractivity contribution in [2.45, 2.75) is 6.42 Å². The molecular formula is C7H16N2O2S. The van der Waals surface area contributed by atoms with Gasteiger partial charge in [-0.2, -0.15) is 0 Å². The fourth-order valence-corrected chi connectivity index (χ4v) is 2.42. The van der Waals surface area contributed by atoms with E-state index in [1.54, 1.807) is 0 Å². The molecule has 5 heteroatoms. The summed E-state index contributed by atoms with van der Waals surface area (Å²) >= 11 is 0. The Hall–Kier alpha value is -0.130. The van der Waals surface area contributed by atoms with Crippen LogP contribution in [-0.2, 0) is 9.84 Å². The lowest BCUT2D eigenvalue weighted by molar-refractivity contribution is 0.569. The second-order valence-corrected chi connectivity index (χ2v) is 5.31. The van der Waals surface area contributed by atoms with E-state index in [-0.39, 0.29) is 5.75 Å². The zero-order chi connectivity index (χ0) is 8.86. The Balaban J connectivity index is 2.38. The normalized spacial score (nSPS) is 26.3. The lowest BCUT2D eigenvalue weighted by Crippen LogP contribution is -2.34. The predicted molar refractivity (Wildman–Crippen MR) is 49.0 cm³/mol. The molecule has 0 atom stereocenters. The average molecular weight is 192 g/mol. The first-order chi connectivity index (χ1) is 5.71. The van der Waals surface area contributed by atoms with E-state index < -0.39 is 9.84 Å². The zero-order valence-corrected chi connectivity index (χ0v) is 7.99. The van der Waals surface area contributed by atoms with Gasteiger partial charge in [0.2, 0.25) is 0 Å². The van der Waals surface area contributed by atoms with Crippen LogP contribution in [0.25, 0.3) is 0 Å². The number of rotatable bonds is 0. The fraction of sp³-hybridized carbons (Fsp3) is 1.00. The monoisotopic (exact) mass is 192 g/mol. The van der Waals surface area contributed by atoms with Gasteiger partial charge in [-0.3, -0.25) is 0 Å². The van der Waals surface area contributed by atoms with Gasteiger partial charge < -0.3 is 10.6 Å². The van der Waals surface area contributed by atoms with Crippen LogP contribution in [0.3, 0.4) is 0 Å². The van der Waals surface area contributed by atoms with Crippen LogP contribution in [0.1, 0.15) is 6.42 Å². The molecule has 1 fully saturated rings. The van der Waals surface area contributed by atoms with Gasteiger partial charge in [-0.25, -0.2) is 8.42 Å². The van der Waals surface area contributed by atoms with Crippen LogP contribution in [0.2, 0.25) is 0 Å². The third kappa shape index (κ3) is 4.04. The van der Waals surface area contributed by atoms with Crippen molar-refractivity contribution < 1.29 is 8.42 Å². The van der Waals surface area contributed by atoms with Crippen molar-refractivity contribution in [3.63, 3.8) is 0 Å². The van der Waals surface area contributed by atoms with Gasteiger partial charge in [-0.15, -0.1) is 0 Å². The molecule has 2 N–H and O–H groups in total. The van der Waals surface area contributed by atoms with Crippen molar-refractivity contribution >= 4 is 9.84 Å². The summed E-state index contributed by atoms with van der Waals surface area (Å²) in [5, 5.41) is 6.23. The minimum atomic E-state index is -2.78. The first-order valence-corrected chi connectivity index (χ1v) is 6.15. The fourth-order valence-electron chi connectivity index (χ4n) is 1.17. The standard InChI is InChI=1S/C7H16N2O2S/c10-12(11)6-1-2-8-3-4-9-5-7-12/h8-9H,1-7H2. The minimum Gasteiger partial charge on any atom is -0.315 e. The highest BCUT2D eigenvalue weighted by atomic mass is 32.2. The maximum absolute atomic E-state index is 11.2. The molecule has 0 saturated carbocycles. The van der Waals surface area contributed by atoms with E-state index in [1.807, 2.05) is 0 Å². The highest BCUT2D eigenvalue weighted by Gasteiger charge is 2.10. The van der Waals surface area contributed by atoms with Gasteiger partial charge >= 0.3 is 0 Å². The summed E-state index contributed by atoms with van der Waals surface area (Å²) in [6.07, 6.45) is 0.738.